The fourth-order valence-corrected chi connectivity index (χ4v) is 4.95. The second-order valence-corrected chi connectivity index (χ2v) is 9.52. The number of ether oxygens (including phenoxy) is 1. The summed E-state index contributed by atoms with van der Waals surface area (Å²) in [6.45, 7) is 2.03. The average Bonchev–Trinajstić information content (AvgIpc) is 2.74. The molecule has 162 valence electrons. The summed E-state index contributed by atoms with van der Waals surface area (Å²) in [7, 11) is -1.85. The van der Waals surface area contributed by atoms with E-state index in [4.69, 9.17) is 16.3 Å². The molecule has 1 N–H and O–H groups in total. The highest BCUT2D eigenvalue weighted by molar-refractivity contribution is 7.89. The average molecular weight is 452 g/mol. The van der Waals surface area contributed by atoms with Gasteiger partial charge >= 0.3 is 0 Å². The van der Waals surface area contributed by atoms with E-state index in [2.05, 4.69) is 10.2 Å². The molecule has 0 unspecified atom stereocenters. The maximum atomic E-state index is 12.6. The summed E-state index contributed by atoms with van der Waals surface area (Å²) in [5, 5.41) is 3.35. The molecule has 0 atom stereocenters. The van der Waals surface area contributed by atoms with E-state index < -0.39 is 10.0 Å². The summed E-state index contributed by atoms with van der Waals surface area (Å²) in [6, 6.07) is 14.7. The van der Waals surface area contributed by atoms with Gasteiger partial charge < -0.3 is 15.0 Å². The highest BCUT2D eigenvalue weighted by Gasteiger charge is 2.27. The lowest BCUT2D eigenvalue weighted by molar-refractivity contribution is -0.120. The molecule has 3 rings (SSSR count). The molecular formula is C21H26ClN3O4S. The smallest absolute Gasteiger partial charge is 0.224 e. The molecule has 30 heavy (non-hydrogen) atoms. The monoisotopic (exact) mass is 451 g/mol. The van der Waals surface area contributed by atoms with Crippen LogP contribution in [-0.4, -0.2) is 64.2 Å². The van der Waals surface area contributed by atoms with Crippen LogP contribution in [0, 0.1) is 0 Å². The molecule has 1 heterocycles. The number of nitrogens with one attached hydrogen (secondary N) is 1. The number of piperazine rings is 1. The number of benzene rings is 2. The van der Waals surface area contributed by atoms with Crippen molar-refractivity contribution in [2.75, 3.05) is 50.5 Å². The maximum Gasteiger partial charge on any atom is 0.224 e. The van der Waals surface area contributed by atoms with E-state index in [1.54, 1.807) is 19.2 Å². The highest BCUT2D eigenvalue weighted by atomic mass is 35.5. The Morgan fingerprint density at radius 1 is 1.07 bits per heavy atom. The van der Waals surface area contributed by atoms with Crippen molar-refractivity contribution >= 4 is 33.2 Å². The van der Waals surface area contributed by atoms with Gasteiger partial charge in [-0.2, -0.15) is 4.31 Å². The van der Waals surface area contributed by atoms with Gasteiger partial charge in [0, 0.05) is 32.7 Å². The number of nitrogens with zero attached hydrogens (tertiary/aromatic N) is 2. The van der Waals surface area contributed by atoms with Gasteiger partial charge in [-0.05, 0) is 29.8 Å². The Balaban J connectivity index is 1.44. The van der Waals surface area contributed by atoms with Crippen LogP contribution < -0.4 is 15.0 Å². The van der Waals surface area contributed by atoms with Crippen molar-refractivity contribution in [2.24, 2.45) is 0 Å². The maximum absolute atomic E-state index is 12.6. The van der Waals surface area contributed by atoms with Gasteiger partial charge in [0.1, 0.15) is 5.75 Å². The van der Waals surface area contributed by atoms with Crippen molar-refractivity contribution in [3.05, 3.63) is 59.1 Å². The van der Waals surface area contributed by atoms with Crippen LogP contribution in [0.5, 0.6) is 5.75 Å². The molecule has 9 heteroatoms. The van der Waals surface area contributed by atoms with Crippen molar-refractivity contribution in [1.82, 2.24) is 9.62 Å². The Bertz CT molecular complexity index is 958. The number of hydrogen-bond acceptors (Lipinski definition) is 5. The van der Waals surface area contributed by atoms with E-state index >= 15 is 0 Å². The van der Waals surface area contributed by atoms with E-state index in [1.165, 1.54) is 4.31 Å². The minimum Gasteiger partial charge on any atom is -0.497 e. The van der Waals surface area contributed by atoms with E-state index in [1.807, 2.05) is 36.4 Å². The predicted molar refractivity (Wildman–Crippen MR) is 119 cm³/mol. The number of rotatable bonds is 8. The van der Waals surface area contributed by atoms with Crippen molar-refractivity contribution in [3.63, 3.8) is 0 Å². The van der Waals surface area contributed by atoms with Crippen molar-refractivity contribution in [3.8, 4) is 5.75 Å². The Morgan fingerprint density at radius 3 is 2.37 bits per heavy atom. The van der Waals surface area contributed by atoms with Crippen molar-refractivity contribution in [1.29, 1.82) is 0 Å². The summed E-state index contributed by atoms with van der Waals surface area (Å²) >= 11 is 6.24. The summed E-state index contributed by atoms with van der Waals surface area (Å²) in [6.07, 6.45) is 0.195. The molecule has 2 aromatic rings. The van der Waals surface area contributed by atoms with E-state index in [0.717, 1.165) is 17.0 Å². The standard InChI is InChI=1S/C21H26ClN3O4S/c1-29-18-8-6-17(7-9-18)16-21(26)23-10-15-30(27,28)25-13-11-24(12-14-25)20-5-3-2-4-19(20)22/h2-9H,10-16H2,1H3,(H,23,26). The van der Waals surface area contributed by atoms with Crippen LogP contribution in [0.3, 0.4) is 0 Å². The van der Waals surface area contributed by atoms with Crippen molar-refractivity contribution in [2.45, 2.75) is 6.42 Å². The molecule has 2 aromatic carbocycles. The van der Waals surface area contributed by atoms with Gasteiger partial charge in [-0.1, -0.05) is 35.9 Å². The number of carbonyl (C=O) groups excluding carboxylic acids is 1. The first kappa shape index (κ1) is 22.4. The largest absolute Gasteiger partial charge is 0.497 e. The molecule has 0 spiro atoms. The van der Waals surface area contributed by atoms with Crippen LogP contribution >= 0.6 is 11.6 Å². The number of anilines is 1. The first-order valence-corrected chi connectivity index (χ1v) is 11.7. The molecule has 7 nitrogen and oxygen atoms in total. The third-order valence-corrected chi connectivity index (χ3v) is 7.22. The van der Waals surface area contributed by atoms with E-state index in [9.17, 15) is 13.2 Å². The number of carbonyl (C=O) groups is 1. The summed E-state index contributed by atoms with van der Waals surface area (Å²) in [5.41, 5.74) is 1.76. The third kappa shape index (κ3) is 5.87. The third-order valence-electron chi connectivity index (χ3n) is 5.03. The zero-order valence-electron chi connectivity index (χ0n) is 16.9. The second kappa shape index (κ2) is 10.1. The van der Waals surface area contributed by atoms with Crippen LogP contribution in [0.1, 0.15) is 5.56 Å². The SMILES string of the molecule is COc1ccc(CC(=O)NCCS(=O)(=O)N2CCN(c3ccccc3Cl)CC2)cc1. The lowest BCUT2D eigenvalue weighted by Gasteiger charge is -2.35. The van der Waals surface area contributed by atoms with Gasteiger partial charge in [-0.15, -0.1) is 0 Å². The number of halogens is 1. The topological polar surface area (TPSA) is 78.9 Å². The molecule has 0 saturated carbocycles. The normalized spacial score (nSPS) is 15.1. The second-order valence-electron chi connectivity index (χ2n) is 7.03. The molecule has 1 aliphatic heterocycles. The lowest BCUT2D eigenvalue weighted by Crippen LogP contribution is -2.50. The Morgan fingerprint density at radius 2 is 1.73 bits per heavy atom. The van der Waals surface area contributed by atoms with Gasteiger partial charge in [0.15, 0.2) is 0 Å². The van der Waals surface area contributed by atoms with E-state index in [0.29, 0.717) is 31.2 Å². The van der Waals surface area contributed by atoms with Gasteiger partial charge in [0.25, 0.3) is 0 Å². The summed E-state index contributed by atoms with van der Waals surface area (Å²) < 4.78 is 31.8. The quantitative estimate of drug-likeness (QED) is 0.665. The van der Waals surface area contributed by atoms with Crippen LogP contribution in [-0.2, 0) is 21.2 Å². The number of sulfonamides is 1. The zero-order valence-corrected chi connectivity index (χ0v) is 18.5. The first-order valence-electron chi connectivity index (χ1n) is 9.76. The zero-order chi connectivity index (χ0) is 21.6. The van der Waals surface area contributed by atoms with Crippen LogP contribution in [0.4, 0.5) is 5.69 Å². The Hall–Kier alpha value is -2.29. The molecular weight excluding hydrogens is 426 g/mol. The lowest BCUT2D eigenvalue weighted by atomic mass is 10.1. The van der Waals surface area contributed by atoms with E-state index in [-0.39, 0.29) is 24.6 Å². The summed E-state index contributed by atoms with van der Waals surface area (Å²) in [4.78, 5) is 14.2. The number of hydrogen-bond donors (Lipinski definition) is 1. The highest BCUT2D eigenvalue weighted by Crippen LogP contribution is 2.26. The van der Waals surface area contributed by atoms with Crippen molar-refractivity contribution < 1.29 is 17.9 Å². The summed E-state index contributed by atoms with van der Waals surface area (Å²) in [5.74, 6) is 0.395. The molecule has 1 amide bonds. The fraction of sp³-hybridized carbons (Fsp3) is 0.381. The van der Waals surface area contributed by atoms with Gasteiger partial charge in [0.05, 0.1) is 30.0 Å². The number of amides is 1. The van der Waals surface area contributed by atoms with Gasteiger partial charge in [0.2, 0.25) is 15.9 Å². The molecule has 0 bridgehead atoms. The van der Waals surface area contributed by atoms with Crippen LogP contribution in [0.2, 0.25) is 5.02 Å². The fourth-order valence-electron chi connectivity index (χ4n) is 3.36. The van der Waals surface area contributed by atoms with Gasteiger partial charge in [-0.3, -0.25) is 4.79 Å². The minimum absolute atomic E-state index is 0.0854. The molecule has 0 radical (unpaired) electrons. The number of para-hydroxylation sites is 1. The minimum atomic E-state index is -3.43. The molecule has 1 aliphatic rings. The Kier molecular flexibility index (Phi) is 7.58. The first-order chi connectivity index (χ1) is 14.4. The molecule has 1 fully saturated rings. The Labute approximate surface area is 182 Å². The predicted octanol–water partition coefficient (Wildman–Crippen LogP) is 2.16. The number of methoxy groups -OCH3 is 1. The molecule has 0 aromatic heterocycles. The van der Waals surface area contributed by atoms with Crippen LogP contribution in [0.25, 0.3) is 0 Å². The molecule has 0 aliphatic carbocycles. The van der Waals surface area contributed by atoms with Crippen LogP contribution in [0.15, 0.2) is 48.5 Å². The van der Waals surface area contributed by atoms with Gasteiger partial charge in [-0.25, -0.2) is 8.42 Å². The molecule has 1 saturated heterocycles.